The van der Waals surface area contributed by atoms with E-state index in [4.69, 9.17) is 0 Å². The monoisotopic (exact) mass is 404 g/mol. The summed E-state index contributed by atoms with van der Waals surface area (Å²) in [5.41, 5.74) is -0.448. The highest BCUT2D eigenvalue weighted by Crippen LogP contribution is 2.69. The van der Waals surface area contributed by atoms with E-state index in [1.165, 1.54) is 51.4 Å². The predicted octanol–water partition coefficient (Wildman–Crippen LogP) is 6.58. The van der Waals surface area contributed by atoms with Gasteiger partial charge < -0.3 is 10.2 Å². The minimum Gasteiger partial charge on any atom is -0.390 e. The van der Waals surface area contributed by atoms with E-state index in [9.17, 15) is 10.2 Å². The van der Waals surface area contributed by atoms with Gasteiger partial charge in [0.15, 0.2) is 0 Å². The average Bonchev–Trinajstić information content (AvgIpc) is 3.01. The fourth-order valence-electron chi connectivity index (χ4n) is 9.33. The van der Waals surface area contributed by atoms with Crippen LogP contribution in [0.2, 0.25) is 0 Å². The molecule has 9 atom stereocenters. The number of aliphatic hydroxyl groups is 2. The summed E-state index contributed by atoms with van der Waals surface area (Å²) >= 11 is 0. The molecule has 2 N–H and O–H groups in total. The molecule has 0 aromatic rings. The summed E-state index contributed by atoms with van der Waals surface area (Å²) in [5, 5.41) is 22.8. The number of fused-ring (bicyclic) bond motifs is 5. The molecule has 0 aliphatic heterocycles. The van der Waals surface area contributed by atoms with Crippen LogP contribution in [0.25, 0.3) is 0 Å². The third-order valence-corrected chi connectivity index (χ3v) is 11.0. The molecule has 2 heteroatoms. The van der Waals surface area contributed by atoms with E-state index in [1.54, 1.807) is 0 Å². The molecular formula is C27H48O2. The van der Waals surface area contributed by atoms with Crippen LogP contribution in [0.15, 0.2) is 0 Å². The van der Waals surface area contributed by atoms with E-state index in [0.717, 1.165) is 49.4 Å². The van der Waals surface area contributed by atoms with E-state index in [2.05, 4.69) is 34.6 Å². The number of hydrogen-bond donors (Lipinski definition) is 2. The quantitative estimate of drug-likeness (QED) is 0.543. The number of aliphatic hydroxyl groups excluding tert-OH is 1. The molecule has 4 fully saturated rings. The topological polar surface area (TPSA) is 40.5 Å². The first-order valence-electron chi connectivity index (χ1n) is 13.0. The molecule has 0 radical (unpaired) electrons. The van der Waals surface area contributed by atoms with Crippen LogP contribution in [0.4, 0.5) is 0 Å². The first kappa shape index (κ1) is 22.1. The van der Waals surface area contributed by atoms with Crippen molar-refractivity contribution < 1.29 is 10.2 Å². The van der Waals surface area contributed by atoms with E-state index in [1.807, 2.05) is 0 Å². The van der Waals surface area contributed by atoms with Crippen molar-refractivity contribution in [1.29, 1.82) is 0 Å². The lowest BCUT2D eigenvalue weighted by molar-refractivity contribution is -0.253. The molecule has 0 aromatic heterocycles. The molecule has 0 spiro atoms. The van der Waals surface area contributed by atoms with Gasteiger partial charge in [0.1, 0.15) is 0 Å². The normalized spacial score (nSPS) is 50.7. The van der Waals surface area contributed by atoms with Gasteiger partial charge in [-0.15, -0.1) is 0 Å². The Morgan fingerprint density at radius 2 is 1.62 bits per heavy atom. The van der Waals surface area contributed by atoms with Gasteiger partial charge in [-0.2, -0.15) is 0 Å². The Balaban J connectivity index is 1.53. The molecule has 29 heavy (non-hydrogen) atoms. The summed E-state index contributed by atoms with van der Waals surface area (Å²) in [7, 11) is 0. The van der Waals surface area contributed by atoms with Crippen molar-refractivity contribution in [2.45, 2.75) is 123 Å². The van der Waals surface area contributed by atoms with Crippen LogP contribution in [0.1, 0.15) is 112 Å². The smallest absolute Gasteiger partial charge is 0.0961 e. The van der Waals surface area contributed by atoms with Gasteiger partial charge in [0, 0.05) is 5.41 Å². The summed E-state index contributed by atoms with van der Waals surface area (Å²) in [6.07, 6.45) is 14.1. The van der Waals surface area contributed by atoms with Gasteiger partial charge in [0.25, 0.3) is 0 Å². The summed E-state index contributed by atoms with van der Waals surface area (Å²) in [6.45, 7) is 12.2. The van der Waals surface area contributed by atoms with Crippen LogP contribution >= 0.6 is 0 Å². The molecular weight excluding hydrogens is 356 g/mol. The highest BCUT2D eigenvalue weighted by atomic mass is 16.3. The van der Waals surface area contributed by atoms with Crippen molar-refractivity contribution in [1.82, 2.24) is 0 Å². The van der Waals surface area contributed by atoms with Crippen molar-refractivity contribution >= 4 is 0 Å². The lowest BCUT2D eigenvalue weighted by Crippen LogP contribution is -2.67. The zero-order chi connectivity index (χ0) is 21.0. The van der Waals surface area contributed by atoms with Crippen molar-refractivity contribution in [3.63, 3.8) is 0 Å². The third kappa shape index (κ3) is 3.34. The molecule has 7 unspecified atom stereocenters. The van der Waals surface area contributed by atoms with Gasteiger partial charge >= 0.3 is 0 Å². The standard InChI is InChI=1S/C27H48O2/c1-18(2)9-8-10-19(3)21-11-12-22-20-17-24(28)27(29)15-7-6-14-26(27,5)23(20)13-16-25(21,22)4/h18-24,28-29H,6-17H2,1-5H3/t19-,20?,21?,22?,23?,24?,25?,26?,27+/m1/s1. The fourth-order valence-corrected chi connectivity index (χ4v) is 9.33. The Morgan fingerprint density at radius 1 is 0.897 bits per heavy atom. The second kappa shape index (κ2) is 7.80. The molecule has 168 valence electrons. The summed E-state index contributed by atoms with van der Waals surface area (Å²) < 4.78 is 0. The first-order chi connectivity index (χ1) is 13.6. The molecule has 4 rings (SSSR count). The van der Waals surface area contributed by atoms with Crippen LogP contribution in [0, 0.1) is 46.3 Å². The molecule has 4 aliphatic carbocycles. The van der Waals surface area contributed by atoms with Crippen molar-refractivity contribution in [2.24, 2.45) is 46.3 Å². The zero-order valence-corrected chi connectivity index (χ0v) is 19.9. The van der Waals surface area contributed by atoms with Gasteiger partial charge in [-0.25, -0.2) is 0 Å². The highest BCUT2D eigenvalue weighted by molar-refractivity contribution is 5.16. The highest BCUT2D eigenvalue weighted by Gasteiger charge is 2.66. The Kier molecular flexibility index (Phi) is 5.95. The van der Waals surface area contributed by atoms with Crippen LogP contribution in [-0.2, 0) is 0 Å². The summed E-state index contributed by atoms with van der Waals surface area (Å²) in [4.78, 5) is 0. The maximum Gasteiger partial charge on any atom is 0.0961 e. The Morgan fingerprint density at radius 3 is 2.34 bits per heavy atom. The summed E-state index contributed by atoms with van der Waals surface area (Å²) in [6, 6.07) is 0. The Bertz CT molecular complexity index is 587. The molecule has 0 heterocycles. The Hall–Kier alpha value is -0.0800. The number of hydrogen-bond acceptors (Lipinski definition) is 2. The maximum atomic E-state index is 11.6. The van der Waals surface area contributed by atoms with Crippen molar-refractivity contribution in [3.8, 4) is 0 Å². The Labute approximate surface area is 180 Å². The van der Waals surface area contributed by atoms with Crippen LogP contribution in [-0.4, -0.2) is 21.9 Å². The molecule has 2 nitrogen and oxygen atoms in total. The van der Waals surface area contributed by atoms with Crippen molar-refractivity contribution in [2.75, 3.05) is 0 Å². The molecule has 0 saturated heterocycles. The zero-order valence-electron chi connectivity index (χ0n) is 19.9. The van der Waals surface area contributed by atoms with E-state index in [-0.39, 0.29) is 5.41 Å². The van der Waals surface area contributed by atoms with Gasteiger partial charge in [-0.1, -0.05) is 66.7 Å². The molecule has 4 saturated carbocycles. The number of rotatable bonds is 5. The van der Waals surface area contributed by atoms with E-state index >= 15 is 0 Å². The minimum atomic E-state index is -0.831. The minimum absolute atomic E-state index is 0.0735. The van der Waals surface area contributed by atoms with Gasteiger partial charge in [0.05, 0.1) is 11.7 Å². The predicted molar refractivity (Wildman–Crippen MR) is 121 cm³/mol. The lowest BCUT2D eigenvalue weighted by Gasteiger charge is -2.65. The SMILES string of the molecule is CC(C)CCC[C@@H](C)C1CCC2C3CC(O)[C@@]4(O)CCCCC4(C)C3CCC21C. The van der Waals surface area contributed by atoms with Gasteiger partial charge in [0.2, 0.25) is 0 Å². The van der Waals surface area contributed by atoms with E-state index in [0.29, 0.717) is 17.3 Å². The first-order valence-corrected chi connectivity index (χ1v) is 13.0. The molecule has 0 aromatic carbocycles. The van der Waals surface area contributed by atoms with Crippen molar-refractivity contribution in [3.05, 3.63) is 0 Å². The average molecular weight is 405 g/mol. The van der Waals surface area contributed by atoms with Crippen LogP contribution in [0.3, 0.4) is 0 Å². The van der Waals surface area contributed by atoms with Gasteiger partial charge in [-0.3, -0.25) is 0 Å². The lowest BCUT2D eigenvalue weighted by atomic mass is 9.42. The molecule has 0 amide bonds. The fraction of sp³-hybridized carbons (Fsp3) is 1.00. The second-order valence-corrected chi connectivity index (χ2v) is 12.7. The third-order valence-electron chi connectivity index (χ3n) is 11.0. The molecule has 4 aliphatic rings. The molecule has 0 bridgehead atoms. The van der Waals surface area contributed by atoms with Crippen LogP contribution in [0.5, 0.6) is 0 Å². The van der Waals surface area contributed by atoms with Gasteiger partial charge in [-0.05, 0) is 85.9 Å². The van der Waals surface area contributed by atoms with E-state index < -0.39 is 11.7 Å². The second-order valence-electron chi connectivity index (χ2n) is 12.7. The summed E-state index contributed by atoms with van der Waals surface area (Å²) in [5.74, 6) is 4.51. The van der Waals surface area contributed by atoms with Crippen LogP contribution < -0.4 is 0 Å². The maximum absolute atomic E-state index is 11.6. The largest absolute Gasteiger partial charge is 0.390 e.